The maximum absolute atomic E-state index is 12.4. The Balaban J connectivity index is 1.94. The van der Waals surface area contributed by atoms with E-state index in [1.807, 2.05) is 0 Å². The Bertz CT molecular complexity index is 728. The van der Waals surface area contributed by atoms with E-state index in [1.54, 1.807) is 24.4 Å². The Morgan fingerprint density at radius 1 is 1.14 bits per heavy atom. The van der Waals surface area contributed by atoms with Crippen LogP contribution >= 0.6 is 0 Å². The number of halogens is 3. The lowest BCUT2D eigenvalue weighted by Crippen LogP contribution is -2.17. The minimum absolute atomic E-state index is 0.258. The number of benzene rings is 1. The van der Waals surface area contributed by atoms with E-state index >= 15 is 0 Å². The Kier molecular flexibility index (Phi) is 3.28. The number of nitrogens with zero attached hydrogens (tertiary/aromatic N) is 2. The Morgan fingerprint density at radius 2 is 1.86 bits per heavy atom. The summed E-state index contributed by atoms with van der Waals surface area (Å²) in [6.45, 7) is 0. The molecule has 1 aromatic heterocycles. The van der Waals surface area contributed by atoms with E-state index < -0.39 is 11.8 Å². The van der Waals surface area contributed by atoms with Gasteiger partial charge in [0.1, 0.15) is 5.75 Å². The minimum atomic E-state index is -4.76. The summed E-state index contributed by atoms with van der Waals surface area (Å²) < 4.78 is 41.3. The van der Waals surface area contributed by atoms with Crippen LogP contribution in [0.3, 0.4) is 0 Å². The molecule has 1 fully saturated rings. The molecule has 1 heterocycles. The van der Waals surface area contributed by atoms with Gasteiger partial charge in [-0.1, -0.05) is 18.2 Å². The van der Waals surface area contributed by atoms with E-state index in [0.29, 0.717) is 5.69 Å². The van der Waals surface area contributed by atoms with Crippen LogP contribution < -0.4 is 4.74 Å². The Labute approximate surface area is 125 Å². The van der Waals surface area contributed by atoms with Gasteiger partial charge in [-0.25, -0.2) is 0 Å². The van der Waals surface area contributed by atoms with Crippen molar-refractivity contribution in [1.82, 2.24) is 4.98 Å². The maximum atomic E-state index is 12.4. The number of aromatic nitrogens is 1. The second-order valence-electron chi connectivity index (χ2n) is 5.17. The Hall–Kier alpha value is -2.55. The van der Waals surface area contributed by atoms with Gasteiger partial charge in [0.15, 0.2) is 0 Å². The van der Waals surface area contributed by atoms with Crippen LogP contribution in [-0.4, -0.2) is 11.3 Å². The molecule has 1 saturated carbocycles. The van der Waals surface area contributed by atoms with Gasteiger partial charge < -0.3 is 4.74 Å². The number of ether oxygens (including phenoxy) is 1. The SMILES string of the molecule is N#CC1(c2ccc(-c3ccccc3OC(F)(F)F)nc2)CC1. The molecule has 2 aromatic rings. The number of hydrogen-bond donors (Lipinski definition) is 0. The van der Waals surface area contributed by atoms with Crippen LogP contribution in [0, 0.1) is 11.3 Å². The lowest BCUT2D eigenvalue weighted by atomic mass is 9.99. The van der Waals surface area contributed by atoms with Crippen molar-refractivity contribution >= 4 is 0 Å². The molecule has 0 spiro atoms. The van der Waals surface area contributed by atoms with Crippen molar-refractivity contribution in [3.05, 3.63) is 48.2 Å². The molecule has 0 atom stereocenters. The minimum Gasteiger partial charge on any atom is -0.405 e. The molecular formula is C16H11F3N2O. The van der Waals surface area contributed by atoms with Gasteiger partial charge in [-0.05, 0) is 36.6 Å². The van der Waals surface area contributed by atoms with E-state index in [1.165, 1.54) is 18.2 Å². The summed E-state index contributed by atoms with van der Waals surface area (Å²) in [7, 11) is 0. The second kappa shape index (κ2) is 5.02. The lowest BCUT2D eigenvalue weighted by molar-refractivity contribution is -0.274. The number of pyridine rings is 1. The number of nitriles is 1. The molecule has 6 heteroatoms. The van der Waals surface area contributed by atoms with Crippen molar-refractivity contribution in [2.24, 2.45) is 0 Å². The van der Waals surface area contributed by atoms with Gasteiger partial charge in [0.2, 0.25) is 0 Å². The van der Waals surface area contributed by atoms with Gasteiger partial charge in [0.25, 0.3) is 0 Å². The average molecular weight is 304 g/mol. The van der Waals surface area contributed by atoms with E-state index in [9.17, 15) is 13.2 Å². The van der Waals surface area contributed by atoms with Crippen LogP contribution in [-0.2, 0) is 5.41 Å². The van der Waals surface area contributed by atoms with Crippen LogP contribution in [0.5, 0.6) is 5.75 Å². The zero-order valence-electron chi connectivity index (χ0n) is 11.4. The summed E-state index contributed by atoms with van der Waals surface area (Å²) in [5.74, 6) is -0.295. The lowest BCUT2D eigenvalue weighted by Gasteiger charge is -2.13. The van der Waals surface area contributed by atoms with Crippen molar-refractivity contribution in [2.45, 2.75) is 24.6 Å². The maximum Gasteiger partial charge on any atom is 0.573 e. The van der Waals surface area contributed by atoms with E-state index in [-0.39, 0.29) is 11.3 Å². The molecule has 1 aliphatic carbocycles. The van der Waals surface area contributed by atoms with Gasteiger partial charge in [-0.15, -0.1) is 13.2 Å². The number of para-hydroxylation sites is 1. The first-order valence-electron chi connectivity index (χ1n) is 6.66. The zero-order valence-corrected chi connectivity index (χ0v) is 11.4. The second-order valence-corrected chi connectivity index (χ2v) is 5.17. The van der Waals surface area contributed by atoms with Crippen LogP contribution in [0.4, 0.5) is 13.2 Å². The third-order valence-corrected chi connectivity index (χ3v) is 3.67. The topological polar surface area (TPSA) is 45.9 Å². The fourth-order valence-corrected chi connectivity index (χ4v) is 2.32. The smallest absolute Gasteiger partial charge is 0.405 e. The first kappa shape index (κ1) is 14.4. The van der Waals surface area contributed by atoms with E-state index in [0.717, 1.165) is 18.4 Å². The van der Waals surface area contributed by atoms with Crippen molar-refractivity contribution in [2.75, 3.05) is 0 Å². The highest BCUT2D eigenvalue weighted by Gasteiger charge is 2.45. The summed E-state index contributed by atoms with van der Waals surface area (Å²) in [5.41, 5.74) is 0.964. The average Bonchev–Trinajstić information content (AvgIpc) is 3.28. The molecule has 112 valence electrons. The molecule has 22 heavy (non-hydrogen) atoms. The molecule has 0 saturated heterocycles. The van der Waals surface area contributed by atoms with Gasteiger partial charge >= 0.3 is 6.36 Å². The molecular weight excluding hydrogens is 293 g/mol. The van der Waals surface area contributed by atoms with Crippen molar-refractivity contribution in [1.29, 1.82) is 5.26 Å². The molecule has 1 aliphatic rings. The van der Waals surface area contributed by atoms with Gasteiger partial charge in [-0.2, -0.15) is 5.26 Å². The van der Waals surface area contributed by atoms with Gasteiger partial charge in [0.05, 0.1) is 17.2 Å². The molecule has 0 unspecified atom stereocenters. The predicted molar refractivity (Wildman–Crippen MR) is 72.9 cm³/mol. The van der Waals surface area contributed by atoms with Crippen LogP contribution in [0.15, 0.2) is 42.6 Å². The number of alkyl halides is 3. The molecule has 3 rings (SSSR count). The van der Waals surface area contributed by atoms with E-state index in [2.05, 4.69) is 15.8 Å². The van der Waals surface area contributed by atoms with E-state index in [4.69, 9.17) is 5.26 Å². The van der Waals surface area contributed by atoms with Crippen LogP contribution in [0.25, 0.3) is 11.3 Å². The summed E-state index contributed by atoms with van der Waals surface area (Å²) >= 11 is 0. The number of hydrogen-bond acceptors (Lipinski definition) is 3. The van der Waals surface area contributed by atoms with Gasteiger partial charge in [0, 0.05) is 11.8 Å². The molecule has 0 aliphatic heterocycles. The Morgan fingerprint density at radius 3 is 2.41 bits per heavy atom. The number of rotatable bonds is 3. The van der Waals surface area contributed by atoms with Crippen LogP contribution in [0.1, 0.15) is 18.4 Å². The highest BCUT2D eigenvalue weighted by Crippen LogP contribution is 2.47. The molecule has 0 amide bonds. The monoisotopic (exact) mass is 304 g/mol. The molecule has 1 aromatic carbocycles. The molecule has 0 N–H and O–H groups in total. The quantitative estimate of drug-likeness (QED) is 0.853. The third kappa shape index (κ3) is 2.75. The summed E-state index contributed by atoms with van der Waals surface area (Å²) in [4.78, 5) is 4.20. The largest absolute Gasteiger partial charge is 0.573 e. The zero-order chi connectivity index (χ0) is 15.8. The van der Waals surface area contributed by atoms with Crippen molar-refractivity contribution in [3.8, 4) is 23.1 Å². The highest BCUT2D eigenvalue weighted by molar-refractivity contribution is 5.67. The normalized spacial score (nSPS) is 15.9. The standard InChI is InChI=1S/C16H11F3N2O/c17-16(18,19)22-14-4-2-1-3-12(14)13-6-5-11(9-21-13)15(10-20)7-8-15/h1-6,9H,7-8H2. The third-order valence-electron chi connectivity index (χ3n) is 3.67. The summed E-state index contributed by atoms with van der Waals surface area (Å²) in [5, 5.41) is 9.15. The van der Waals surface area contributed by atoms with Crippen molar-refractivity contribution in [3.63, 3.8) is 0 Å². The first-order valence-corrected chi connectivity index (χ1v) is 6.66. The first-order chi connectivity index (χ1) is 10.4. The summed E-state index contributed by atoms with van der Waals surface area (Å²) in [6.07, 6.45) is -1.62. The van der Waals surface area contributed by atoms with Gasteiger partial charge in [-0.3, -0.25) is 4.98 Å². The van der Waals surface area contributed by atoms with Crippen LogP contribution in [0.2, 0.25) is 0 Å². The fourth-order valence-electron chi connectivity index (χ4n) is 2.32. The molecule has 3 nitrogen and oxygen atoms in total. The van der Waals surface area contributed by atoms with Crippen molar-refractivity contribution < 1.29 is 17.9 Å². The highest BCUT2D eigenvalue weighted by atomic mass is 19.4. The predicted octanol–water partition coefficient (Wildman–Crippen LogP) is 4.20. The fraction of sp³-hybridized carbons (Fsp3) is 0.250. The summed E-state index contributed by atoms with van der Waals surface area (Å²) in [6, 6.07) is 11.5. The molecule has 0 bridgehead atoms. The molecule has 0 radical (unpaired) electrons.